The van der Waals surface area contributed by atoms with Gasteiger partial charge in [0.25, 0.3) is 0 Å². The van der Waals surface area contributed by atoms with Crippen LogP contribution in [0.3, 0.4) is 0 Å². The first kappa shape index (κ1) is 13.0. The highest BCUT2D eigenvalue weighted by Gasteiger charge is 2.36. The van der Waals surface area contributed by atoms with Crippen LogP contribution in [-0.2, 0) is 6.18 Å². The fraction of sp³-hybridized carbons (Fsp3) is 0.545. The van der Waals surface area contributed by atoms with E-state index < -0.39 is 23.8 Å². The molecule has 1 N–H and O–H groups in total. The molecule has 5 heteroatoms. The molecule has 0 saturated heterocycles. The Hall–Kier alpha value is -1.10. The molecule has 2 atom stereocenters. The first-order chi connectivity index (χ1) is 7.38. The second-order valence-corrected chi connectivity index (χ2v) is 3.70. The summed E-state index contributed by atoms with van der Waals surface area (Å²) in [5.74, 6) is -0.622. The minimum absolute atomic E-state index is 0.0932. The summed E-state index contributed by atoms with van der Waals surface area (Å²) in [7, 11) is 0. The highest BCUT2D eigenvalue weighted by molar-refractivity contribution is 5.26. The molecule has 1 rings (SSSR count). The Bertz CT molecular complexity index is 351. The van der Waals surface area contributed by atoms with E-state index in [0.717, 1.165) is 6.07 Å². The van der Waals surface area contributed by atoms with Gasteiger partial charge in [-0.15, -0.1) is 0 Å². The Morgan fingerprint density at radius 3 is 2.56 bits per heavy atom. The summed E-state index contributed by atoms with van der Waals surface area (Å²) < 4.78 is 38.0. The number of hydrogen-bond donors (Lipinski definition) is 1. The summed E-state index contributed by atoms with van der Waals surface area (Å²) >= 11 is 0. The highest BCUT2D eigenvalue weighted by atomic mass is 19.4. The van der Waals surface area contributed by atoms with Gasteiger partial charge >= 0.3 is 6.18 Å². The summed E-state index contributed by atoms with van der Waals surface area (Å²) in [5, 5.41) is 9.56. The average molecular weight is 233 g/mol. The molecule has 0 spiro atoms. The van der Waals surface area contributed by atoms with Gasteiger partial charge in [0.1, 0.15) is 0 Å². The first-order valence-electron chi connectivity index (χ1n) is 5.08. The summed E-state index contributed by atoms with van der Waals surface area (Å²) in [6, 6.07) is 2.23. The van der Waals surface area contributed by atoms with Crippen LogP contribution in [-0.4, -0.2) is 16.2 Å². The van der Waals surface area contributed by atoms with Gasteiger partial charge in [0.05, 0.1) is 17.4 Å². The number of rotatable bonds is 3. The normalized spacial score (nSPS) is 15.9. The fourth-order valence-electron chi connectivity index (χ4n) is 1.56. The van der Waals surface area contributed by atoms with Crippen molar-refractivity contribution in [3.63, 3.8) is 0 Å². The minimum atomic E-state index is -4.43. The van der Waals surface area contributed by atoms with Gasteiger partial charge in [0.2, 0.25) is 0 Å². The zero-order valence-electron chi connectivity index (χ0n) is 9.12. The van der Waals surface area contributed by atoms with Gasteiger partial charge in [-0.3, -0.25) is 4.98 Å². The number of pyridine rings is 1. The van der Waals surface area contributed by atoms with Crippen molar-refractivity contribution in [2.75, 3.05) is 0 Å². The molecule has 0 radical (unpaired) electrons. The smallest absolute Gasteiger partial charge is 0.392 e. The number of halogens is 3. The highest BCUT2D eigenvalue weighted by Crippen LogP contribution is 2.35. The van der Waals surface area contributed by atoms with Crippen molar-refractivity contribution in [2.45, 2.75) is 38.5 Å². The number of nitrogens with zero attached hydrogens (tertiary/aromatic N) is 1. The zero-order chi connectivity index (χ0) is 12.3. The lowest BCUT2D eigenvalue weighted by Crippen LogP contribution is -2.20. The van der Waals surface area contributed by atoms with Gasteiger partial charge in [-0.05, 0) is 18.6 Å². The van der Waals surface area contributed by atoms with E-state index in [-0.39, 0.29) is 5.69 Å². The Kier molecular flexibility index (Phi) is 3.91. The van der Waals surface area contributed by atoms with Crippen molar-refractivity contribution in [2.24, 2.45) is 0 Å². The maximum atomic E-state index is 12.7. The van der Waals surface area contributed by atoms with E-state index in [0.29, 0.717) is 6.42 Å². The van der Waals surface area contributed by atoms with E-state index in [4.69, 9.17) is 0 Å². The molecule has 0 saturated carbocycles. The topological polar surface area (TPSA) is 33.1 Å². The lowest BCUT2D eigenvalue weighted by molar-refractivity contribution is -0.138. The Labute approximate surface area is 92.1 Å². The van der Waals surface area contributed by atoms with E-state index in [9.17, 15) is 18.3 Å². The SMILES string of the molecule is CCC(O)C(C)c1ncccc1C(F)(F)F. The second-order valence-electron chi connectivity index (χ2n) is 3.70. The molecule has 0 amide bonds. The third-order valence-electron chi connectivity index (χ3n) is 2.57. The van der Waals surface area contributed by atoms with Crippen LogP contribution in [0, 0.1) is 0 Å². The number of aliphatic hydroxyl groups excluding tert-OH is 1. The third-order valence-corrected chi connectivity index (χ3v) is 2.57. The van der Waals surface area contributed by atoms with Crippen LogP contribution < -0.4 is 0 Å². The summed E-state index contributed by atoms with van der Waals surface area (Å²) in [4.78, 5) is 3.73. The molecular weight excluding hydrogens is 219 g/mol. The molecule has 90 valence electrons. The number of alkyl halides is 3. The van der Waals surface area contributed by atoms with Crippen LogP contribution in [0.4, 0.5) is 13.2 Å². The molecule has 0 fully saturated rings. The van der Waals surface area contributed by atoms with Crippen LogP contribution in [0.15, 0.2) is 18.3 Å². The Morgan fingerprint density at radius 1 is 1.44 bits per heavy atom. The summed E-state index contributed by atoms with van der Waals surface area (Å²) in [6.45, 7) is 3.27. The third kappa shape index (κ3) is 2.72. The molecule has 0 bridgehead atoms. The number of aliphatic hydroxyl groups is 1. The van der Waals surface area contributed by atoms with E-state index in [1.165, 1.54) is 12.3 Å². The largest absolute Gasteiger partial charge is 0.418 e. The van der Waals surface area contributed by atoms with Crippen LogP contribution >= 0.6 is 0 Å². The summed E-state index contributed by atoms with van der Waals surface area (Å²) in [6.07, 6.45) is -3.53. The van der Waals surface area contributed by atoms with Gasteiger partial charge in [0.15, 0.2) is 0 Å². The van der Waals surface area contributed by atoms with Gasteiger partial charge in [-0.1, -0.05) is 13.8 Å². The monoisotopic (exact) mass is 233 g/mol. The Balaban J connectivity index is 3.13. The van der Waals surface area contributed by atoms with Crippen molar-refractivity contribution in [3.05, 3.63) is 29.6 Å². The van der Waals surface area contributed by atoms with Crippen molar-refractivity contribution in [1.82, 2.24) is 4.98 Å². The second kappa shape index (κ2) is 4.82. The lowest BCUT2D eigenvalue weighted by atomic mass is 9.94. The molecule has 0 aliphatic heterocycles. The molecule has 1 aromatic heterocycles. The maximum Gasteiger partial charge on any atom is 0.418 e. The van der Waals surface area contributed by atoms with Crippen LogP contribution in [0.5, 0.6) is 0 Å². The Morgan fingerprint density at radius 2 is 2.06 bits per heavy atom. The molecule has 2 unspecified atom stereocenters. The molecule has 1 aromatic rings. The molecule has 2 nitrogen and oxygen atoms in total. The lowest BCUT2D eigenvalue weighted by Gasteiger charge is -2.20. The predicted molar refractivity (Wildman–Crippen MR) is 54.0 cm³/mol. The summed E-state index contributed by atoms with van der Waals surface area (Å²) in [5.41, 5.74) is -0.862. The quantitative estimate of drug-likeness (QED) is 0.870. The van der Waals surface area contributed by atoms with Crippen molar-refractivity contribution >= 4 is 0 Å². The standard InChI is InChI=1S/C11H14F3NO/c1-3-9(16)7(2)10-8(11(12,13)14)5-4-6-15-10/h4-7,9,16H,3H2,1-2H3. The van der Waals surface area contributed by atoms with Gasteiger partial charge < -0.3 is 5.11 Å². The number of hydrogen-bond acceptors (Lipinski definition) is 2. The van der Waals surface area contributed by atoms with E-state index in [2.05, 4.69) is 4.98 Å². The average Bonchev–Trinajstić information content (AvgIpc) is 2.26. The molecule has 0 aliphatic carbocycles. The van der Waals surface area contributed by atoms with Crippen molar-refractivity contribution in [3.8, 4) is 0 Å². The van der Waals surface area contributed by atoms with Gasteiger partial charge in [-0.25, -0.2) is 0 Å². The van der Waals surface area contributed by atoms with E-state index >= 15 is 0 Å². The van der Waals surface area contributed by atoms with Crippen molar-refractivity contribution in [1.29, 1.82) is 0 Å². The maximum absolute atomic E-state index is 12.7. The predicted octanol–water partition coefficient (Wildman–Crippen LogP) is 2.97. The molecule has 0 aromatic carbocycles. The van der Waals surface area contributed by atoms with Crippen LogP contribution in [0.2, 0.25) is 0 Å². The van der Waals surface area contributed by atoms with E-state index in [1.807, 2.05) is 0 Å². The molecule has 1 heterocycles. The minimum Gasteiger partial charge on any atom is -0.392 e. The van der Waals surface area contributed by atoms with Gasteiger partial charge in [0, 0.05) is 12.1 Å². The van der Waals surface area contributed by atoms with Crippen LogP contribution in [0.25, 0.3) is 0 Å². The van der Waals surface area contributed by atoms with Crippen LogP contribution in [0.1, 0.15) is 37.4 Å². The van der Waals surface area contributed by atoms with Crippen molar-refractivity contribution < 1.29 is 18.3 Å². The molecule has 16 heavy (non-hydrogen) atoms. The molecular formula is C11H14F3NO. The number of aromatic nitrogens is 1. The van der Waals surface area contributed by atoms with E-state index in [1.54, 1.807) is 13.8 Å². The molecule has 0 aliphatic rings. The van der Waals surface area contributed by atoms with Gasteiger partial charge in [-0.2, -0.15) is 13.2 Å². The fourth-order valence-corrected chi connectivity index (χ4v) is 1.56. The first-order valence-corrected chi connectivity index (χ1v) is 5.08. The zero-order valence-corrected chi connectivity index (χ0v) is 9.12.